The van der Waals surface area contributed by atoms with Gasteiger partial charge in [0.05, 0.1) is 9.99 Å². The number of nitrogens with two attached hydrogens (primary N) is 1. The van der Waals surface area contributed by atoms with E-state index >= 15 is 0 Å². The zero-order valence-electron chi connectivity index (χ0n) is 10.1. The number of hydrogen-bond acceptors (Lipinski definition) is 1. The van der Waals surface area contributed by atoms with Crippen molar-refractivity contribution in [2.45, 2.75) is 6.54 Å². The maximum Gasteiger partial charge on any atom is 0.137 e. The number of fused-ring (bicyclic) bond motifs is 1. The molecule has 2 nitrogen and oxygen atoms in total. The summed E-state index contributed by atoms with van der Waals surface area (Å²) in [4.78, 5) is 0. The van der Waals surface area contributed by atoms with Gasteiger partial charge in [-0.25, -0.2) is 4.39 Å². The Morgan fingerprint density at radius 3 is 2.84 bits per heavy atom. The SMILES string of the molecule is Nc1ccc2ccn(Cc3cccc(F)c3Br)c2c1. The predicted molar refractivity (Wildman–Crippen MR) is 79.6 cm³/mol. The molecule has 96 valence electrons. The predicted octanol–water partition coefficient (Wildman–Crippen LogP) is 4.17. The van der Waals surface area contributed by atoms with Gasteiger partial charge in [0.2, 0.25) is 0 Å². The average Bonchev–Trinajstić information content (AvgIpc) is 2.78. The van der Waals surface area contributed by atoms with Crippen LogP contribution in [-0.4, -0.2) is 4.57 Å². The summed E-state index contributed by atoms with van der Waals surface area (Å²) >= 11 is 3.29. The molecule has 0 unspecified atom stereocenters. The fourth-order valence-corrected chi connectivity index (χ4v) is 2.58. The molecule has 0 aliphatic rings. The summed E-state index contributed by atoms with van der Waals surface area (Å²) in [7, 11) is 0. The lowest BCUT2D eigenvalue weighted by atomic mass is 10.2. The van der Waals surface area contributed by atoms with E-state index in [4.69, 9.17) is 5.73 Å². The van der Waals surface area contributed by atoms with Gasteiger partial charge in [-0.1, -0.05) is 18.2 Å². The molecule has 0 fully saturated rings. The van der Waals surface area contributed by atoms with Gasteiger partial charge in [-0.3, -0.25) is 0 Å². The van der Waals surface area contributed by atoms with Crippen molar-refractivity contribution >= 4 is 32.5 Å². The van der Waals surface area contributed by atoms with Crippen molar-refractivity contribution in [3.63, 3.8) is 0 Å². The summed E-state index contributed by atoms with van der Waals surface area (Å²) in [6.07, 6.45) is 1.99. The molecule has 0 radical (unpaired) electrons. The Labute approximate surface area is 118 Å². The second kappa shape index (κ2) is 4.70. The van der Waals surface area contributed by atoms with Gasteiger partial charge in [0.15, 0.2) is 0 Å². The van der Waals surface area contributed by atoms with Crippen molar-refractivity contribution in [1.29, 1.82) is 0 Å². The maximum absolute atomic E-state index is 13.5. The normalized spacial score (nSPS) is 11.1. The molecule has 0 saturated carbocycles. The van der Waals surface area contributed by atoms with Crippen LogP contribution in [0.15, 0.2) is 53.1 Å². The second-order valence-corrected chi connectivity index (χ2v) is 5.27. The van der Waals surface area contributed by atoms with Crippen LogP contribution in [0.2, 0.25) is 0 Å². The lowest BCUT2D eigenvalue weighted by molar-refractivity contribution is 0.616. The third-order valence-electron chi connectivity index (χ3n) is 3.17. The van der Waals surface area contributed by atoms with Crippen LogP contribution in [0.1, 0.15) is 5.56 Å². The van der Waals surface area contributed by atoms with Crippen molar-refractivity contribution in [1.82, 2.24) is 4.57 Å². The van der Waals surface area contributed by atoms with E-state index in [0.717, 1.165) is 22.2 Å². The van der Waals surface area contributed by atoms with Gasteiger partial charge >= 0.3 is 0 Å². The fourth-order valence-electron chi connectivity index (χ4n) is 2.19. The molecule has 3 rings (SSSR count). The number of anilines is 1. The number of nitrogen functional groups attached to an aromatic ring is 1. The molecule has 19 heavy (non-hydrogen) atoms. The minimum atomic E-state index is -0.242. The van der Waals surface area contributed by atoms with Crippen molar-refractivity contribution in [2.24, 2.45) is 0 Å². The third kappa shape index (κ3) is 2.24. The summed E-state index contributed by atoms with van der Waals surface area (Å²) in [5.41, 5.74) is 8.50. The molecule has 4 heteroatoms. The van der Waals surface area contributed by atoms with Crippen molar-refractivity contribution < 1.29 is 4.39 Å². The Hall–Kier alpha value is -1.81. The van der Waals surface area contributed by atoms with E-state index in [1.807, 2.05) is 36.5 Å². The number of nitrogens with zero attached hydrogens (tertiary/aromatic N) is 1. The van der Waals surface area contributed by atoms with Gasteiger partial charge in [0, 0.05) is 18.4 Å². The van der Waals surface area contributed by atoms with E-state index in [1.165, 1.54) is 6.07 Å². The van der Waals surface area contributed by atoms with Crippen molar-refractivity contribution in [3.05, 3.63) is 64.5 Å². The first-order chi connectivity index (χ1) is 9.15. The van der Waals surface area contributed by atoms with Crippen LogP contribution in [0.5, 0.6) is 0 Å². The fraction of sp³-hybridized carbons (Fsp3) is 0.0667. The van der Waals surface area contributed by atoms with Gasteiger partial charge in [-0.15, -0.1) is 0 Å². The molecule has 0 atom stereocenters. The first-order valence-electron chi connectivity index (χ1n) is 5.92. The van der Waals surface area contributed by atoms with Crippen LogP contribution in [0.25, 0.3) is 10.9 Å². The zero-order valence-corrected chi connectivity index (χ0v) is 11.7. The molecule has 0 bridgehead atoms. The van der Waals surface area contributed by atoms with Crippen LogP contribution in [-0.2, 0) is 6.54 Å². The number of rotatable bonds is 2. The van der Waals surface area contributed by atoms with E-state index in [1.54, 1.807) is 6.07 Å². The minimum absolute atomic E-state index is 0.242. The van der Waals surface area contributed by atoms with E-state index in [2.05, 4.69) is 20.5 Å². The second-order valence-electron chi connectivity index (χ2n) is 4.47. The van der Waals surface area contributed by atoms with Gasteiger partial charge in [0.1, 0.15) is 5.82 Å². The summed E-state index contributed by atoms with van der Waals surface area (Å²) in [6.45, 7) is 0.602. The highest BCUT2D eigenvalue weighted by molar-refractivity contribution is 9.10. The Morgan fingerprint density at radius 2 is 2.00 bits per heavy atom. The number of halogens is 2. The molecular weight excluding hydrogens is 307 g/mol. The summed E-state index contributed by atoms with van der Waals surface area (Å²) < 4.78 is 16.1. The first kappa shape index (κ1) is 12.2. The standard InChI is InChI=1S/C15H12BrFN2/c16-15-11(2-1-3-13(15)17)9-19-7-6-10-4-5-12(18)8-14(10)19/h1-8H,9,18H2. The Bertz CT molecular complexity index is 749. The lowest BCUT2D eigenvalue weighted by Gasteiger charge is -2.08. The molecule has 1 aromatic heterocycles. The highest BCUT2D eigenvalue weighted by Crippen LogP contribution is 2.24. The molecule has 0 aliphatic heterocycles. The van der Waals surface area contributed by atoms with Crippen molar-refractivity contribution in [2.75, 3.05) is 5.73 Å². The van der Waals surface area contributed by atoms with Crippen LogP contribution < -0.4 is 5.73 Å². The molecule has 1 heterocycles. The zero-order chi connectivity index (χ0) is 13.4. The topological polar surface area (TPSA) is 30.9 Å². The van der Waals surface area contributed by atoms with Gasteiger partial charge in [0.25, 0.3) is 0 Å². The average molecular weight is 319 g/mol. The lowest BCUT2D eigenvalue weighted by Crippen LogP contribution is -2.00. The summed E-state index contributed by atoms with van der Waals surface area (Å²) in [5, 5.41) is 1.13. The highest BCUT2D eigenvalue weighted by Gasteiger charge is 2.07. The maximum atomic E-state index is 13.5. The molecule has 0 amide bonds. The smallest absolute Gasteiger partial charge is 0.137 e. The first-order valence-corrected chi connectivity index (χ1v) is 6.72. The van der Waals surface area contributed by atoms with E-state index in [0.29, 0.717) is 11.0 Å². The molecule has 3 aromatic rings. The molecule has 2 aromatic carbocycles. The quantitative estimate of drug-likeness (QED) is 0.706. The third-order valence-corrected chi connectivity index (χ3v) is 4.06. The molecular formula is C15H12BrFN2. The van der Waals surface area contributed by atoms with E-state index in [9.17, 15) is 4.39 Å². The summed E-state index contributed by atoms with van der Waals surface area (Å²) in [6, 6.07) is 12.9. The van der Waals surface area contributed by atoms with E-state index in [-0.39, 0.29) is 5.82 Å². The van der Waals surface area contributed by atoms with Crippen molar-refractivity contribution in [3.8, 4) is 0 Å². The number of benzene rings is 2. The van der Waals surface area contributed by atoms with Crippen LogP contribution in [0, 0.1) is 5.82 Å². The van der Waals surface area contributed by atoms with Gasteiger partial charge in [-0.2, -0.15) is 0 Å². The molecule has 2 N–H and O–H groups in total. The largest absolute Gasteiger partial charge is 0.399 e. The molecule has 0 aliphatic carbocycles. The monoisotopic (exact) mass is 318 g/mol. The Balaban J connectivity index is 2.06. The Kier molecular flexibility index (Phi) is 3.03. The van der Waals surface area contributed by atoms with Gasteiger partial charge in [-0.05, 0) is 51.1 Å². The van der Waals surface area contributed by atoms with E-state index < -0.39 is 0 Å². The highest BCUT2D eigenvalue weighted by atomic mass is 79.9. The van der Waals surface area contributed by atoms with Gasteiger partial charge < -0.3 is 10.3 Å². The summed E-state index contributed by atoms with van der Waals surface area (Å²) in [5.74, 6) is -0.242. The Morgan fingerprint density at radius 1 is 1.16 bits per heavy atom. The van der Waals surface area contributed by atoms with Crippen LogP contribution >= 0.6 is 15.9 Å². The van der Waals surface area contributed by atoms with Crippen LogP contribution in [0.3, 0.4) is 0 Å². The minimum Gasteiger partial charge on any atom is -0.399 e. The van der Waals surface area contributed by atoms with Crippen LogP contribution in [0.4, 0.5) is 10.1 Å². The number of hydrogen-bond donors (Lipinski definition) is 1. The molecule has 0 spiro atoms. The molecule has 0 saturated heterocycles. The number of aromatic nitrogens is 1.